The van der Waals surface area contributed by atoms with Gasteiger partial charge >= 0.3 is 0 Å². The Bertz CT molecular complexity index is 193. The molecule has 0 spiro atoms. The molecule has 0 aromatic carbocycles. The lowest BCUT2D eigenvalue weighted by Crippen LogP contribution is -2.48. The summed E-state index contributed by atoms with van der Waals surface area (Å²) in [5.41, 5.74) is 3.09. The summed E-state index contributed by atoms with van der Waals surface area (Å²) in [6.45, 7) is 11.7. The van der Waals surface area contributed by atoms with Gasteiger partial charge < -0.3 is 0 Å². The molecule has 0 radical (unpaired) electrons. The molecule has 0 amide bonds. The van der Waals surface area contributed by atoms with Crippen molar-refractivity contribution in [1.29, 1.82) is 0 Å². The maximum absolute atomic E-state index is 5.78. The van der Waals surface area contributed by atoms with Crippen LogP contribution in [0.15, 0.2) is 0 Å². The van der Waals surface area contributed by atoms with Crippen molar-refractivity contribution < 1.29 is 0 Å². The lowest BCUT2D eigenvalue weighted by Gasteiger charge is -2.39. The van der Waals surface area contributed by atoms with E-state index in [4.69, 9.17) is 5.84 Å². The molecule has 0 aromatic heterocycles. The second-order valence-corrected chi connectivity index (χ2v) is 6.47. The van der Waals surface area contributed by atoms with E-state index in [0.29, 0.717) is 17.9 Å². The summed E-state index contributed by atoms with van der Waals surface area (Å²) >= 11 is 0. The van der Waals surface area contributed by atoms with Crippen molar-refractivity contribution in [2.45, 2.75) is 59.9 Å². The molecule has 4 atom stereocenters. The zero-order valence-electron chi connectivity index (χ0n) is 11.7. The highest BCUT2D eigenvalue weighted by Gasteiger charge is 2.33. The van der Waals surface area contributed by atoms with Crippen LogP contribution in [0.2, 0.25) is 0 Å². The van der Waals surface area contributed by atoms with E-state index in [1.165, 1.54) is 19.3 Å². The van der Waals surface area contributed by atoms with Crippen molar-refractivity contribution in [1.82, 2.24) is 5.43 Å². The van der Waals surface area contributed by atoms with Crippen LogP contribution in [-0.4, -0.2) is 6.04 Å². The van der Waals surface area contributed by atoms with Gasteiger partial charge in [0.2, 0.25) is 0 Å². The van der Waals surface area contributed by atoms with Gasteiger partial charge in [0, 0.05) is 6.04 Å². The van der Waals surface area contributed by atoms with Crippen LogP contribution in [0.4, 0.5) is 0 Å². The molecule has 0 heterocycles. The van der Waals surface area contributed by atoms with Gasteiger partial charge in [-0.05, 0) is 48.9 Å². The Labute approximate surface area is 101 Å². The molecular formula is C14H30N2. The second kappa shape index (κ2) is 6.02. The minimum absolute atomic E-state index is 0.491. The standard InChI is InChI=1S/C14H30N2/c1-9(2)12(5)14(16-15)13-7-10(3)6-11(4)8-13/h9-14,16H,6-8,15H2,1-5H3. The normalized spacial score (nSPS) is 35.1. The van der Waals surface area contributed by atoms with E-state index in [0.717, 1.165) is 17.8 Å². The average Bonchev–Trinajstić information content (AvgIpc) is 2.16. The van der Waals surface area contributed by atoms with Gasteiger partial charge in [-0.3, -0.25) is 11.3 Å². The Hall–Kier alpha value is -0.0800. The summed E-state index contributed by atoms with van der Waals surface area (Å²) in [6, 6.07) is 0.491. The molecular weight excluding hydrogens is 196 g/mol. The first-order valence-electron chi connectivity index (χ1n) is 6.91. The quantitative estimate of drug-likeness (QED) is 0.571. The Morgan fingerprint density at radius 2 is 1.50 bits per heavy atom. The number of nitrogens with two attached hydrogens (primary N) is 1. The largest absolute Gasteiger partial charge is 0.271 e. The molecule has 1 aliphatic carbocycles. The van der Waals surface area contributed by atoms with Crippen LogP contribution in [0, 0.1) is 29.6 Å². The Morgan fingerprint density at radius 1 is 1.00 bits per heavy atom. The number of rotatable bonds is 4. The summed E-state index contributed by atoms with van der Waals surface area (Å²) in [6.07, 6.45) is 4.08. The minimum atomic E-state index is 0.491. The molecule has 0 saturated heterocycles. The smallest absolute Gasteiger partial charge is 0.0266 e. The molecule has 2 heteroatoms. The molecule has 1 saturated carbocycles. The van der Waals surface area contributed by atoms with Crippen molar-refractivity contribution in [2.24, 2.45) is 35.4 Å². The monoisotopic (exact) mass is 226 g/mol. The van der Waals surface area contributed by atoms with Crippen LogP contribution in [-0.2, 0) is 0 Å². The molecule has 0 bridgehead atoms. The maximum atomic E-state index is 5.78. The van der Waals surface area contributed by atoms with Gasteiger partial charge in [-0.15, -0.1) is 0 Å². The third-order valence-electron chi connectivity index (χ3n) is 4.53. The molecule has 3 N–H and O–H groups in total. The van der Waals surface area contributed by atoms with Crippen LogP contribution in [0.3, 0.4) is 0 Å². The summed E-state index contributed by atoms with van der Waals surface area (Å²) in [4.78, 5) is 0. The van der Waals surface area contributed by atoms with Crippen LogP contribution in [0.1, 0.15) is 53.9 Å². The van der Waals surface area contributed by atoms with E-state index in [2.05, 4.69) is 40.0 Å². The minimum Gasteiger partial charge on any atom is -0.271 e. The van der Waals surface area contributed by atoms with Crippen LogP contribution in [0.5, 0.6) is 0 Å². The van der Waals surface area contributed by atoms with Gasteiger partial charge in [-0.1, -0.05) is 34.6 Å². The fourth-order valence-corrected chi connectivity index (χ4v) is 3.43. The van der Waals surface area contributed by atoms with Crippen molar-refractivity contribution in [3.63, 3.8) is 0 Å². The van der Waals surface area contributed by atoms with Crippen molar-refractivity contribution in [3.05, 3.63) is 0 Å². The van der Waals surface area contributed by atoms with Gasteiger partial charge in [0.15, 0.2) is 0 Å². The zero-order chi connectivity index (χ0) is 12.3. The summed E-state index contributed by atoms with van der Waals surface area (Å²) in [5, 5.41) is 0. The fourth-order valence-electron chi connectivity index (χ4n) is 3.43. The molecule has 1 rings (SSSR count). The maximum Gasteiger partial charge on any atom is 0.0266 e. The summed E-state index contributed by atoms with van der Waals surface area (Å²) < 4.78 is 0. The lowest BCUT2D eigenvalue weighted by atomic mass is 9.70. The van der Waals surface area contributed by atoms with Gasteiger partial charge in [0.05, 0.1) is 0 Å². The van der Waals surface area contributed by atoms with Crippen LogP contribution < -0.4 is 11.3 Å². The van der Waals surface area contributed by atoms with Crippen molar-refractivity contribution in [3.8, 4) is 0 Å². The fraction of sp³-hybridized carbons (Fsp3) is 1.00. The zero-order valence-corrected chi connectivity index (χ0v) is 11.7. The van der Waals surface area contributed by atoms with Gasteiger partial charge in [-0.2, -0.15) is 0 Å². The van der Waals surface area contributed by atoms with Crippen LogP contribution in [0.25, 0.3) is 0 Å². The third kappa shape index (κ3) is 3.46. The molecule has 1 fully saturated rings. The SMILES string of the molecule is CC1CC(C)CC(C(NN)C(C)C(C)C)C1. The van der Waals surface area contributed by atoms with E-state index < -0.39 is 0 Å². The molecule has 16 heavy (non-hydrogen) atoms. The Balaban J connectivity index is 2.64. The lowest BCUT2D eigenvalue weighted by molar-refractivity contribution is 0.131. The topological polar surface area (TPSA) is 38.0 Å². The average molecular weight is 226 g/mol. The van der Waals surface area contributed by atoms with E-state index in [1.54, 1.807) is 0 Å². The second-order valence-electron chi connectivity index (χ2n) is 6.47. The first-order valence-corrected chi connectivity index (χ1v) is 6.91. The number of nitrogens with one attached hydrogen (secondary N) is 1. The van der Waals surface area contributed by atoms with Crippen molar-refractivity contribution >= 4 is 0 Å². The van der Waals surface area contributed by atoms with Crippen molar-refractivity contribution in [2.75, 3.05) is 0 Å². The highest BCUT2D eigenvalue weighted by atomic mass is 15.2. The van der Waals surface area contributed by atoms with Gasteiger partial charge in [-0.25, -0.2) is 0 Å². The first kappa shape index (κ1) is 14.0. The predicted octanol–water partition coefficient (Wildman–Crippen LogP) is 3.18. The van der Waals surface area contributed by atoms with Gasteiger partial charge in [0.25, 0.3) is 0 Å². The Morgan fingerprint density at radius 3 is 1.88 bits per heavy atom. The molecule has 0 aliphatic heterocycles. The summed E-state index contributed by atoms with van der Waals surface area (Å²) in [5.74, 6) is 9.64. The van der Waals surface area contributed by atoms with E-state index in [9.17, 15) is 0 Å². The first-order chi connectivity index (χ1) is 7.45. The summed E-state index contributed by atoms with van der Waals surface area (Å²) in [7, 11) is 0. The predicted molar refractivity (Wildman–Crippen MR) is 70.8 cm³/mol. The molecule has 1 aliphatic rings. The number of hydrogen-bond donors (Lipinski definition) is 2. The third-order valence-corrected chi connectivity index (χ3v) is 4.53. The highest BCUT2D eigenvalue weighted by molar-refractivity contribution is 4.86. The Kier molecular flexibility index (Phi) is 5.26. The van der Waals surface area contributed by atoms with Crippen LogP contribution >= 0.6 is 0 Å². The molecule has 4 unspecified atom stereocenters. The molecule has 96 valence electrons. The number of hydrazine groups is 1. The van der Waals surface area contributed by atoms with E-state index >= 15 is 0 Å². The molecule has 2 nitrogen and oxygen atoms in total. The number of hydrogen-bond acceptors (Lipinski definition) is 2. The molecule has 0 aromatic rings. The highest BCUT2D eigenvalue weighted by Crippen LogP contribution is 2.37. The van der Waals surface area contributed by atoms with E-state index in [-0.39, 0.29) is 0 Å². The van der Waals surface area contributed by atoms with E-state index in [1.807, 2.05) is 0 Å². The van der Waals surface area contributed by atoms with Gasteiger partial charge in [0.1, 0.15) is 0 Å².